The quantitative estimate of drug-likeness (QED) is 0.583. The van der Waals surface area contributed by atoms with Crippen LogP contribution in [0.5, 0.6) is 0 Å². The summed E-state index contributed by atoms with van der Waals surface area (Å²) in [5.41, 5.74) is 5.81. The van der Waals surface area contributed by atoms with Crippen molar-refractivity contribution in [1.82, 2.24) is 0 Å². The average molecular weight is 281 g/mol. The Balaban J connectivity index is 1.90. The van der Waals surface area contributed by atoms with Gasteiger partial charge in [-0.15, -0.1) is 11.8 Å². The minimum Gasteiger partial charge on any atom is -0.481 e. The molecule has 0 spiro atoms. The smallest absolute Gasteiger partial charge is 0.306 e. The largest absolute Gasteiger partial charge is 0.481 e. The molecule has 2 rings (SSSR count). The Bertz CT molecular complexity index is 456. The molecule has 1 aromatic rings. The molecule has 0 aliphatic heterocycles. The highest BCUT2D eigenvalue weighted by Crippen LogP contribution is 2.37. The molecule has 1 aliphatic rings. The van der Waals surface area contributed by atoms with Gasteiger partial charge in [-0.1, -0.05) is 12.1 Å². The van der Waals surface area contributed by atoms with Gasteiger partial charge in [0.2, 0.25) is 0 Å². The third kappa shape index (κ3) is 3.64. The molecule has 0 saturated heterocycles. The number of carboxylic acids is 1. The first kappa shape index (κ1) is 14.2. The number of hydrogen-bond acceptors (Lipinski definition) is 4. The number of para-hydroxylation sites is 1. The van der Waals surface area contributed by atoms with E-state index in [1.165, 1.54) is 11.8 Å². The van der Waals surface area contributed by atoms with Crippen molar-refractivity contribution in [3.05, 3.63) is 24.3 Å². The molecule has 5 heteroatoms. The fourth-order valence-electron chi connectivity index (χ4n) is 2.37. The molecule has 0 unspecified atom stereocenters. The van der Waals surface area contributed by atoms with Crippen molar-refractivity contribution >= 4 is 23.4 Å². The van der Waals surface area contributed by atoms with Crippen LogP contribution in [0, 0.1) is 5.92 Å². The zero-order chi connectivity index (χ0) is 13.9. The average Bonchev–Trinajstić information content (AvgIpc) is 2.38. The van der Waals surface area contributed by atoms with Crippen LogP contribution in [0.2, 0.25) is 0 Å². The van der Waals surface area contributed by atoms with Crippen molar-refractivity contribution in [2.75, 3.05) is 11.5 Å². The molecule has 0 amide bonds. The van der Waals surface area contributed by atoms with Gasteiger partial charge >= 0.3 is 5.97 Å². The second kappa shape index (κ2) is 5.84. The van der Waals surface area contributed by atoms with E-state index in [9.17, 15) is 9.90 Å². The maximum atomic E-state index is 10.9. The first-order valence-electron chi connectivity index (χ1n) is 6.43. The van der Waals surface area contributed by atoms with Gasteiger partial charge in [-0.3, -0.25) is 4.79 Å². The molecule has 0 heterocycles. The van der Waals surface area contributed by atoms with Gasteiger partial charge in [0.15, 0.2) is 0 Å². The topological polar surface area (TPSA) is 83.5 Å². The molecule has 0 bridgehead atoms. The second-order valence-electron chi connectivity index (χ2n) is 5.16. The fourth-order valence-corrected chi connectivity index (χ4v) is 3.49. The highest BCUT2D eigenvalue weighted by atomic mass is 32.2. The van der Waals surface area contributed by atoms with Crippen molar-refractivity contribution in [1.29, 1.82) is 0 Å². The Hall–Kier alpha value is -1.20. The lowest BCUT2D eigenvalue weighted by Crippen LogP contribution is -2.38. The number of anilines is 1. The first-order chi connectivity index (χ1) is 9.00. The minimum atomic E-state index is -0.765. The number of hydrogen-bond donors (Lipinski definition) is 3. The Labute approximate surface area is 117 Å². The number of benzene rings is 1. The summed E-state index contributed by atoms with van der Waals surface area (Å²) in [6, 6.07) is 7.58. The van der Waals surface area contributed by atoms with Crippen LogP contribution >= 0.6 is 11.8 Å². The summed E-state index contributed by atoms with van der Waals surface area (Å²) in [6.45, 7) is 0. The first-order valence-corrected chi connectivity index (χ1v) is 7.41. The molecule has 0 radical (unpaired) electrons. The Kier molecular flexibility index (Phi) is 4.37. The van der Waals surface area contributed by atoms with Gasteiger partial charge in [0, 0.05) is 16.3 Å². The van der Waals surface area contributed by atoms with Crippen LogP contribution in [-0.2, 0) is 4.79 Å². The van der Waals surface area contributed by atoms with E-state index in [1.807, 2.05) is 24.3 Å². The van der Waals surface area contributed by atoms with Crippen LogP contribution in [0.15, 0.2) is 29.2 Å². The maximum absolute atomic E-state index is 10.9. The molecule has 104 valence electrons. The van der Waals surface area contributed by atoms with Gasteiger partial charge < -0.3 is 15.9 Å². The van der Waals surface area contributed by atoms with Crippen molar-refractivity contribution in [2.45, 2.75) is 36.2 Å². The summed E-state index contributed by atoms with van der Waals surface area (Å²) in [6.07, 6.45) is 2.20. The lowest BCUT2D eigenvalue weighted by molar-refractivity contribution is -0.144. The Morgan fingerprint density at radius 1 is 1.37 bits per heavy atom. The van der Waals surface area contributed by atoms with E-state index in [4.69, 9.17) is 10.8 Å². The lowest BCUT2D eigenvalue weighted by atomic mass is 9.80. The van der Waals surface area contributed by atoms with E-state index in [0.717, 1.165) is 10.6 Å². The van der Waals surface area contributed by atoms with Gasteiger partial charge in [0.05, 0.1) is 11.5 Å². The van der Waals surface area contributed by atoms with Gasteiger partial charge in [-0.2, -0.15) is 0 Å². The normalized spacial score (nSPS) is 27.1. The molecule has 1 aliphatic carbocycles. The van der Waals surface area contributed by atoms with Gasteiger partial charge in [-0.25, -0.2) is 0 Å². The van der Waals surface area contributed by atoms with Crippen LogP contribution in [0.1, 0.15) is 25.7 Å². The molecule has 1 saturated carbocycles. The van der Waals surface area contributed by atoms with E-state index >= 15 is 0 Å². The Morgan fingerprint density at radius 3 is 2.58 bits per heavy atom. The number of nitrogens with two attached hydrogens (primary N) is 1. The maximum Gasteiger partial charge on any atom is 0.306 e. The van der Waals surface area contributed by atoms with Crippen LogP contribution in [0.3, 0.4) is 0 Å². The standard InChI is InChI=1S/C14H19NO3S/c15-11-3-1-2-4-12(11)19-9-14(18)7-5-10(6-8-14)13(16)17/h1-4,10,18H,5-9,15H2,(H,16,17). The number of rotatable bonds is 4. The van der Waals surface area contributed by atoms with Crippen molar-refractivity contribution < 1.29 is 15.0 Å². The summed E-state index contributed by atoms with van der Waals surface area (Å²) in [5.74, 6) is -0.484. The van der Waals surface area contributed by atoms with E-state index in [0.29, 0.717) is 31.4 Å². The summed E-state index contributed by atoms with van der Waals surface area (Å²) < 4.78 is 0. The second-order valence-corrected chi connectivity index (χ2v) is 6.18. The molecular weight excluding hydrogens is 262 g/mol. The number of thioether (sulfide) groups is 1. The lowest BCUT2D eigenvalue weighted by Gasteiger charge is -2.34. The summed E-state index contributed by atoms with van der Waals surface area (Å²) >= 11 is 1.54. The van der Waals surface area contributed by atoms with Gasteiger partial charge in [0.25, 0.3) is 0 Å². The van der Waals surface area contributed by atoms with Crippen molar-refractivity contribution in [3.8, 4) is 0 Å². The number of nitrogen functional groups attached to an aromatic ring is 1. The van der Waals surface area contributed by atoms with Crippen LogP contribution in [0.25, 0.3) is 0 Å². The summed E-state index contributed by atoms with van der Waals surface area (Å²) in [5, 5.41) is 19.4. The van der Waals surface area contributed by atoms with Crippen LogP contribution in [0.4, 0.5) is 5.69 Å². The van der Waals surface area contributed by atoms with E-state index in [2.05, 4.69) is 0 Å². The SMILES string of the molecule is Nc1ccccc1SCC1(O)CCC(C(=O)O)CC1. The molecule has 1 fully saturated rings. The summed E-state index contributed by atoms with van der Waals surface area (Å²) in [4.78, 5) is 11.9. The Morgan fingerprint density at radius 2 is 2.00 bits per heavy atom. The molecule has 4 N–H and O–H groups in total. The molecule has 0 atom stereocenters. The zero-order valence-corrected chi connectivity index (χ0v) is 11.5. The third-order valence-electron chi connectivity index (χ3n) is 3.68. The number of carbonyl (C=O) groups is 1. The third-order valence-corrected chi connectivity index (χ3v) is 5.05. The minimum absolute atomic E-state index is 0.299. The predicted molar refractivity (Wildman–Crippen MR) is 76.1 cm³/mol. The van der Waals surface area contributed by atoms with Gasteiger partial charge in [0.1, 0.15) is 0 Å². The monoisotopic (exact) mass is 281 g/mol. The van der Waals surface area contributed by atoms with E-state index < -0.39 is 11.6 Å². The molecule has 1 aromatic carbocycles. The summed E-state index contributed by atoms with van der Waals surface area (Å²) in [7, 11) is 0. The molecule has 19 heavy (non-hydrogen) atoms. The fraction of sp³-hybridized carbons (Fsp3) is 0.500. The number of carboxylic acid groups (broad SMARTS) is 1. The zero-order valence-electron chi connectivity index (χ0n) is 10.7. The highest BCUT2D eigenvalue weighted by Gasteiger charge is 2.35. The van der Waals surface area contributed by atoms with E-state index in [-0.39, 0.29) is 5.92 Å². The molecular formula is C14H19NO3S. The van der Waals surface area contributed by atoms with Crippen molar-refractivity contribution in [2.24, 2.45) is 5.92 Å². The van der Waals surface area contributed by atoms with Crippen LogP contribution < -0.4 is 5.73 Å². The number of aliphatic hydroxyl groups is 1. The van der Waals surface area contributed by atoms with Crippen molar-refractivity contribution in [3.63, 3.8) is 0 Å². The molecule has 0 aromatic heterocycles. The number of aliphatic carboxylic acids is 1. The molecule has 4 nitrogen and oxygen atoms in total. The van der Waals surface area contributed by atoms with E-state index in [1.54, 1.807) is 0 Å². The highest BCUT2D eigenvalue weighted by molar-refractivity contribution is 7.99. The van der Waals surface area contributed by atoms with Gasteiger partial charge in [-0.05, 0) is 37.8 Å². The predicted octanol–water partition coefficient (Wildman–Crippen LogP) is 2.37. The van der Waals surface area contributed by atoms with Crippen LogP contribution in [-0.4, -0.2) is 27.5 Å².